The van der Waals surface area contributed by atoms with Crippen LogP contribution in [0, 0.1) is 25.2 Å². The first-order valence-electron chi connectivity index (χ1n) is 11.6. The average molecular weight is 496 g/mol. The van der Waals surface area contributed by atoms with Crippen LogP contribution in [0.25, 0.3) is 0 Å². The van der Waals surface area contributed by atoms with Gasteiger partial charge in [0.05, 0.1) is 11.3 Å². The van der Waals surface area contributed by atoms with E-state index in [9.17, 15) is 10.1 Å². The molecule has 1 aliphatic carbocycles. The number of aryl methyl sites for hydroxylation is 2. The van der Waals surface area contributed by atoms with Gasteiger partial charge >= 0.3 is 0 Å². The monoisotopic (exact) mass is 495 g/mol. The first-order chi connectivity index (χ1) is 16.4. The summed E-state index contributed by atoms with van der Waals surface area (Å²) in [5.74, 6) is 1.60. The van der Waals surface area contributed by atoms with E-state index >= 15 is 0 Å². The second-order valence-electron chi connectivity index (χ2n) is 8.41. The molecule has 0 spiro atoms. The van der Waals surface area contributed by atoms with Crippen LogP contribution < -0.4 is 10.1 Å². The number of thiophene rings is 1. The molecular weight excluding hydrogens is 466 g/mol. The molecule has 1 amide bonds. The third kappa shape index (κ3) is 4.98. The molecule has 0 saturated carbocycles. The molecule has 2 aromatic heterocycles. The van der Waals surface area contributed by atoms with E-state index < -0.39 is 0 Å². The fourth-order valence-electron chi connectivity index (χ4n) is 4.16. The highest BCUT2D eigenvalue weighted by Crippen LogP contribution is 2.37. The molecule has 0 aliphatic heterocycles. The van der Waals surface area contributed by atoms with Gasteiger partial charge in [0.1, 0.15) is 16.8 Å². The Kier molecular flexibility index (Phi) is 7.59. The number of carbonyl (C=O) groups is 1. The predicted molar refractivity (Wildman–Crippen MR) is 136 cm³/mol. The zero-order valence-corrected chi connectivity index (χ0v) is 21.6. The Labute approximate surface area is 208 Å². The molecular formula is C25H29N5O2S2. The fraction of sp³-hybridized carbons (Fsp3) is 0.440. The van der Waals surface area contributed by atoms with Gasteiger partial charge in [0, 0.05) is 11.4 Å². The summed E-state index contributed by atoms with van der Waals surface area (Å²) in [6.45, 7) is 8.76. The zero-order valence-electron chi connectivity index (χ0n) is 20.0. The van der Waals surface area contributed by atoms with Gasteiger partial charge in [-0.1, -0.05) is 23.9 Å². The first kappa shape index (κ1) is 24.3. The summed E-state index contributed by atoms with van der Waals surface area (Å²) >= 11 is 2.88. The van der Waals surface area contributed by atoms with E-state index in [1.165, 1.54) is 22.2 Å². The lowest BCUT2D eigenvalue weighted by atomic mass is 9.96. The molecule has 0 radical (unpaired) electrons. The summed E-state index contributed by atoms with van der Waals surface area (Å²) in [6, 6.07) is 8.30. The number of fused-ring (bicyclic) bond motifs is 1. The Balaban J connectivity index is 1.42. The number of nitrogens with zero attached hydrogens (tertiary/aromatic N) is 4. The fourth-order valence-corrected chi connectivity index (χ4v) is 6.23. The molecule has 1 aromatic carbocycles. The van der Waals surface area contributed by atoms with Gasteiger partial charge in [0.25, 0.3) is 0 Å². The Hall–Kier alpha value is -2.83. The normalized spacial score (nSPS) is 13.7. The van der Waals surface area contributed by atoms with Gasteiger partial charge in [-0.3, -0.25) is 4.79 Å². The van der Waals surface area contributed by atoms with Crippen LogP contribution in [0.2, 0.25) is 0 Å². The summed E-state index contributed by atoms with van der Waals surface area (Å²) in [6.07, 6.45) is 3.87. The maximum Gasteiger partial charge on any atom is 0.235 e. The topological polar surface area (TPSA) is 92.8 Å². The minimum atomic E-state index is -0.285. The number of rotatable bonds is 8. The maximum absolute atomic E-state index is 12.7. The van der Waals surface area contributed by atoms with Crippen molar-refractivity contribution >= 4 is 34.0 Å². The van der Waals surface area contributed by atoms with E-state index in [0.717, 1.165) is 48.4 Å². The number of benzene rings is 1. The van der Waals surface area contributed by atoms with Crippen LogP contribution in [0.15, 0.2) is 23.4 Å². The van der Waals surface area contributed by atoms with Crippen LogP contribution in [-0.4, -0.2) is 26.4 Å². The molecule has 1 aliphatic rings. The first-order valence-corrected chi connectivity index (χ1v) is 13.4. The van der Waals surface area contributed by atoms with Gasteiger partial charge in [0.15, 0.2) is 17.1 Å². The van der Waals surface area contributed by atoms with E-state index in [2.05, 4.69) is 34.6 Å². The third-order valence-electron chi connectivity index (χ3n) is 6.15. The summed E-state index contributed by atoms with van der Waals surface area (Å²) in [7, 11) is 0. The van der Waals surface area contributed by atoms with Crippen LogP contribution in [0.3, 0.4) is 0 Å². The minimum absolute atomic E-state index is 0.146. The SMILES string of the molecule is CCn1c(SCC(=O)Nc2sc3c(c2C#N)CCCC3)nnc1C(C)Oc1cccc(C)c1C. The molecule has 1 atom stereocenters. The quantitative estimate of drug-likeness (QED) is 0.409. The lowest BCUT2D eigenvalue weighted by Gasteiger charge is -2.17. The molecule has 3 aromatic rings. The number of nitrogens with one attached hydrogen (secondary N) is 1. The van der Waals surface area contributed by atoms with Gasteiger partial charge in [-0.05, 0) is 76.1 Å². The molecule has 9 heteroatoms. The third-order valence-corrected chi connectivity index (χ3v) is 8.33. The number of ether oxygens (including phenoxy) is 1. The van der Waals surface area contributed by atoms with Crippen LogP contribution in [0.1, 0.15) is 65.7 Å². The molecule has 0 fully saturated rings. The van der Waals surface area contributed by atoms with Crippen LogP contribution >= 0.6 is 23.1 Å². The van der Waals surface area contributed by atoms with Crippen molar-refractivity contribution in [2.24, 2.45) is 0 Å². The summed E-state index contributed by atoms with van der Waals surface area (Å²) in [4.78, 5) is 13.9. The van der Waals surface area contributed by atoms with Gasteiger partial charge in [-0.25, -0.2) is 0 Å². The highest BCUT2D eigenvalue weighted by molar-refractivity contribution is 7.99. The number of thioether (sulfide) groups is 1. The molecule has 2 heterocycles. The Bertz CT molecular complexity index is 1240. The second-order valence-corrected chi connectivity index (χ2v) is 10.5. The van der Waals surface area contributed by atoms with E-state index in [-0.39, 0.29) is 17.8 Å². The smallest absolute Gasteiger partial charge is 0.235 e. The number of hydrogen-bond acceptors (Lipinski definition) is 7. The van der Waals surface area contributed by atoms with Crippen molar-refractivity contribution in [2.75, 3.05) is 11.1 Å². The van der Waals surface area contributed by atoms with Gasteiger partial charge < -0.3 is 14.6 Å². The van der Waals surface area contributed by atoms with E-state index in [4.69, 9.17) is 4.74 Å². The Morgan fingerprint density at radius 3 is 2.88 bits per heavy atom. The Morgan fingerprint density at radius 2 is 2.12 bits per heavy atom. The molecule has 7 nitrogen and oxygen atoms in total. The molecule has 178 valence electrons. The van der Waals surface area contributed by atoms with Gasteiger partial charge in [-0.2, -0.15) is 5.26 Å². The lowest BCUT2D eigenvalue weighted by Crippen LogP contribution is -2.15. The molecule has 34 heavy (non-hydrogen) atoms. The number of nitriles is 1. The molecule has 0 saturated heterocycles. The molecule has 1 N–H and O–H groups in total. The van der Waals surface area contributed by atoms with Crippen LogP contribution in [0.4, 0.5) is 5.00 Å². The van der Waals surface area contributed by atoms with E-state index in [0.29, 0.717) is 22.3 Å². The average Bonchev–Trinajstić information content (AvgIpc) is 3.40. The van der Waals surface area contributed by atoms with Crippen molar-refractivity contribution in [1.82, 2.24) is 14.8 Å². The highest BCUT2D eigenvalue weighted by Gasteiger charge is 2.23. The summed E-state index contributed by atoms with van der Waals surface area (Å²) < 4.78 is 8.18. The minimum Gasteiger partial charge on any atom is -0.482 e. The second kappa shape index (κ2) is 10.6. The number of amides is 1. The molecule has 0 bridgehead atoms. The number of hydrogen-bond donors (Lipinski definition) is 1. The van der Waals surface area contributed by atoms with Gasteiger partial charge in [0.2, 0.25) is 5.91 Å². The predicted octanol–water partition coefficient (Wildman–Crippen LogP) is 5.60. The molecule has 1 unspecified atom stereocenters. The van der Waals surface area contributed by atoms with Crippen molar-refractivity contribution in [2.45, 2.75) is 71.2 Å². The van der Waals surface area contributed by atoms with Crippen LogP contribution in [-0.2, 0) is 24.2 Å². The van der Waals surface area contributed by atoms with E-state index in [1.807, 2.05) is 37.5 Å². The molecule has 4 rings (SSSR count). The van der Waals surface area contributed by atoms with Crippen molar-refractivity contribution in [3.63, 3.8) is 0 Å². The standard InChI is InChI=1S/C25H29N5O2S2/c1-5-30-23(17(4)32-20-11-8-9-15(2)16(20)3)28-29-25(30)33-14-22(31)27-24-19(13-26)18-10-6-7-12-21(18)34-24/h8-9,11,17H,5-7,10,12,14H2,1-4H3,(H,27,31). The van der Waals surface area contributed by atoms with Crippen molar-refractivity contribution in [3.8, 4) is 11.8 Å². The summed E-state index contributed by atoms with van der Waals surface area (Å²) in [5.41, 5.74) is 4.04. The van der Waals surface area contributed by atoms with Crippen molar-refractivity contribution in [3.05, 3.63) is 51.2 Å². The van der Waals surface area contributed by atoms with Crippen molar-refractivity contribution < 1.29 is 9.53 Å². The summed E-state index contributed by atoms with van der Waals surface area (Å²) in [5, 5.41) is 22.6. The van der Waals surface area contributed by atoms with Crippen LogP contribution in [0.5, 0.6) is 5.75 Å². The highest BCUT2D eigenvalue weighted by atomic mass is 32.2. The largest absolute Gasteiger partial charge is 0.482 e. The Morgan fingerprint density at radius 1 is 1.32 bits per heavy atom. The van der Waals surface area contributed by atoms with E-state index in [1.54, 1.807) is 11.3 Å². The van der Waals surface area contributed by atoms with Crippen molar-refractivity contribution in [1.29, 1.82) is 5.26 Å². The number of carbonyl (C=O) groups excluding carboxylic acids is 1. The number of anilines is 1. The number of aromatic nitrogens is 3. The zero-order chi connectivity index (χ0) is 24.2. The maximum atomic E-state index is 12.7. The lowest BCUT2D eigenvalue weighted by molar-refractivity contribution is -0.113. The van der Waals surface area contributed by atoms with Gasteiger partial charge in [-0.15, -0.1) is 21.5 Å².